The minimum atomic E-state index is -0.344. The third-order valence-corrected chi connectivity index (χ3v) is 5.52. The van der Waals surface area contributed by atoms with E-state index in [1.807, 2.05) is 23.1 Å². The van der Waals surface area contributed by atoms with Crippen LogP contribution in [0.4, 0.5) is 10.1 Å². The Balaban J connectivity index is 1.42. The summed E-state index contributed by atoms with van der Waals surface area (Å²) in [6.07, 6.45) is 2.93. The molecule has 1 atom stereocenters. The lowest BCUT2D eigenvalue weighted by Crippen LogP contribution is -2.38. The summed E-state index contributed by atoms with van der Waals surface area (Å²) in [4.78, 5) is 26.5. The predicted molar refractivity (Wildman–Crippen MR) is 107 cm³/mol. The first-order chi connectivity index (χ1) is 13.1. The van der Waals surface area contributed by atoms with Gasteiger partial charge in [-0.05, 0) is 49.1 Å². The quantitative estimate of drug-likeness (QED) is 0.789. The molecular formula is C21H23FN2O2S. The van der Waals surface area contributed by atoms with E-state index in [-0.39, 0.29) is 29.4 Å². The van der Waals surface area contributed by atoms with E-state index in [1.165, 1.54) is 41.6 Å². The molecule has 6 heteroatoms. The summed E-state index contributed by atoms with van der Waals surface area (Å²) in [6.45, 7) is 0.790. The topological polar surface area (TPSA) is 49.4 Å². The molecule has 1 aliphatic heterocycles. The molecule has 142 valence electrons. The number of likely N-dealkylation sites (tertiary alicyclic amines) is 1. The molecule has 3 rings (SSSR count). The van der Waals surface area contributed by atoms with Gasteiger partial charge in [-0.25, -0.2) is 4.39 Å². The molecule has 0 aliphatic carbocycles. The zero-order chi connectivity index (χ0) is 19.1. The zero-order valence-corrected chi connectivity index (χ0v) is 15.9. The SMILES string of the molecule is O=C(CSCC(=O)N1CCCC1Cc1ccccc1)Nc1ccc(F)cc1. The Bertz CT molecular complexity index is 768. The second kappa shape index (κ2) is 9.55. The molecular weight excluding hydrogens is 363 g/mol. The van der Waals surface area contributed by atoms with E-state index >= 15 is 0 Å². The van der Waals surface area contributed by atoms with Crippen LogP contribution in [-0.2, 0) is 16.0 Å². The minimum absolute atomic E-state index is 0.0908. The number of hydrogen-bond acceptors (Lipinski definition) is 3. The number of carbonyl (C=O) groups excluding carboxylic acids is 2. The predicted octanol–water partition coefficient (Wildman–Crippen LogP) is 3.73. The average molecular weight is 386 g/mol. The lowest BCUT2D eigenvalue weighted by molar-refractivity contribution is -0.129. The summed E-state index contributed by atoms with van der Waals surface area (Å²) in [7, 11) is 0. The van der Waals surface area contributed by atoms with E-state index in [0.29, 0.717) is 11.4 Å². The van der Waals surface area contributed by atoms with Crippen LogP contribution in [0.15, 0.2) is 54.6 Å². The minimum Gasteiger partial charge on any atom is -0.339 e. The van der Waals surface area contributed by atoms with Gasteiger partial charge in [0.25, 0.3) is 0 Å². The number of carbonyl (C=O) groups is 2. The third-order valence-electron chi connectivity index (χ3n) is 4.60. The summed E-state index contributed by atoms with van der Waals surface area (Å²) in [5.74, 6) is 0.0425. The Hall–Kier alpha value is -2.34. The van der Waals surface area contributed by atoms with Crippen molar-refractivity contribution in [1.82, 2.24) is 4.90 Å². The molecule has 1 heterocycles. The monoisotopic (exact) mass is 386 g/mol. The molecule has 27 heavy (non-hydrogen) atoms. The van der Waals surface area contributed by atoms with Gasteiger partial charge in [-0.15, -0.1) is 11.8 Å². The third kappa shape index (κ3) is 5.82. The van der Waals surface area contributed by atoms with E-state index in [2.05, 4.69) is 17.4 Å². The Morgan fingerprint density at radius 1 is 1.07 bits per heavy atom. The summed E-state index contributed by atoms with van der Waals surface area (Å²) in [6, 6.07) is 16.1. The summed E-state index contributed by atoms with van der Waals surface area (Å²) < 4.78 is 12.9. The fraction of sp³-hybridized carbons (Fsp3) is 0.333. The molecule has 1 unspecified atom stereocenters. The van der Waals surface area contributed by atoms with Crippen molar-refractivity contribution in [3.8, 4) is 0 Å². The van der Waals surface area contributed by atoms with E-state index in [4.69, 9.17) is 0 Å². The molecule has 1 fully saturated rings. The van der Waals surface area contributed by atoms with Crippen molar-refractivity contribution < 1.29 is 14.0 Å². The lowest BCUT2D eigenvalue weighted by Gasteiger charge is -2.24. The van der Waals surface area contributed by atoms with Crippen LogP contribution in [0.3, 0.4) is 0 Å². The van der Waals surface area contributed by atoms with Crippen molar-refractivity contribution in [3.63, 3.8) is 0 Å². The maximum Gasteiger partial charge on any atom is 0.234 e. The van der Waals surface area contributed by atoms with E-state index in [0.717, 1.165) is 25.8 Å². The second-order valence-electron chi connectivity index (χ2n) is 6.62. The van der Waals surface area contributed by atoms with Crippen LogP contribution in [0.5, 0.6) is 0 Å². The summed E-state index contributed by atoms with van der Waals surface area (Å²) in [5, 5.41) is 2.70. The molecule has 0 aromatic heterocycles. The van der Waals surface area contributed by atoms with Crippen LogP contribution in [0.25, 0.3) is 0 Å². The van der Waals surface area contributed by atoms with Gasteiger partial charge in [0.15, 0.2) is 0 Å². The highest BCUT2D eigenvalue weighted by Gasteiger charge is 2.28. The fourth-order valence-corrected chi connectivity index (χ4v) is 4.01. The van der Waals surface area contributed by atoms with Gasteiger partial charge in [0, 0.05) is 18.3 Å². The van der Waals surface area contributed by atoms with Crippen LogP contribution in [-0.4, -0.2) is 40.8 Å². The number of anilines is 1. The molecule has 0 spiro atoms. The average Bonchev–Trinajstić information content (AvgIpc) is 3.12. The van der Waals surface area contributed by atoms with Crippen LogP contribution in [0, 0.1) is 5.82 Å². The van der Waals surface area contributed by atoms with Gasteiger partial charge in [0.2, 0.25) is 11.8 Å². The standard InChI is InChI=1S/C21H23FN2O2S/c22-17-8-10-18(11-9-17)23-20(25)14-27-15-21(26)24-12-4-7-19(24)13-16-5-2-1-3-6-16/h1-3,5-6,8-11,19H,4,7,12-15H2,(H,23,25). The van der Waals surface area contributed by atoms with Crippen molar-refractivity contribution in [2.24, 2.45) is 0 Å². The van der Waals surface area contributed by atoms with Crippen LogP contribution in [0.2, 0.25) is 0 Å². The maximum atomic E-state index is 12.9. The Morgan fingerprint density at radius 2 is 1.81 bits per heavy atom. The van der Waals surface area contributed by atoms with Crippen LogP contribution >= 0.6 is 11.8 Å². The zero-order valence-electron chi connectivity index (χ0n) is 15.1. The highest BCUT2D eigenvalue weighted by Crippen LogP contribution is 2.22. The van der Waals surface area contributed by atoms with E-state index in [9.17, 15) is 14.0 Å². The Kier molecular flexibility index (Phi) is 6.87. The molecule has 4 nitrogen and oxygen atoms in total. The number of amides is 2. The summed E-state index contributed by atoms with van der Waals surface area (Å²) >= 11 is 1.31. The number of thioether (sulfide) groups is 1. The number of nitrogens with zero attached hydrogens (tertiary/aromatic N) is 1. The first kappa shape index (κ1) is 19.4. The van der Waals surface area contributed by atoms with Gasteiger partial charge in [0.05, 0.1) is 11.5 Å². The van der Waals surface area contributed by atoms with Gasteiger partial charge in [-0.2, -0.15) is 0 Å². The van der Waals surface area contributed by atoms with E-state index in [1.54, 1.807) is 0 Å². The van der Waals surface area contributed by atoms with Crippen molar-refractivity contribution >= 4 is 29.3 Å². The maximum absolute atomic E-state index is 12.9. The number of benzene rings is 2. The number of halogens is 1. The van der Waals surface area contributed by atoms with Crippen LogP contribution in [0.1, 0.15) is 18.4 Å². The molecule has 2 aromatic rings. The first-order valence-electron chi connectivity index (χ1n) is 9.08. The van der Waals surface area contributed by atoms with Crippen molar-refractivity contribution in [3.05, 3.63) is 66.0 Å². The fourth-order valence-electron chi connectivity index (χ4n) is 3.31. The molecule has 2 aromatic carbocycles. The Labute approximate surface area is 163 Å². The normalized spacial score (nSPS) is 16.3. The molecule has 0 saturated carbocycles. The highest BCUT2D eigenvalue weighted by molar-refractivity contribution is 8.00. The first-order valence-corrected chi connectivity index (χ1v) is 10.2. The smallest absolute Gasteiger partial charge is 0.234 e. The molecule has 1 saturated heterocycles. The van der Waals surface area contributed by atoms with Crippen molar-refractivity contribution in [2.75, 3.05) is 23.4 Å². The molecule has 2 amide bonds. The Morgan fingerprint density at radius 3 is 2.56 bits per heavy atom. The number of hydrogen-bond donors (Lipinski definition) is 1. The van der Waals surface area contributed by atoms with Gasteiger partial charge < -0.3 is 10.2 Å². The highest BCUT2D eigenvalue weighted by atomic mass is 32.2. The second-order valence-corrected chi connectivity index (χ2v) is 7.61. The molecule has 1 aliphatic rings. The van der Waals surface area contributed by atoms with Gasteiger partial charge in [0.1, 0.15) is 5.82 Å². The largest absolute Gasteiger partial charge is 0.339 e. The van der Waals surface area contributed by atoms with Gasteiger partial charge in [-0.3, -0.25) is 9.59 Å². The van der Waals surface area contributed by atoms with Gasteiger partial charge in [-0.1, -0.05) is 30.3 Å². The van der Waals surface area contributed by atoms with E-state index < -0.39 is 0 Å². The van der Waals surface area contributed by atoms with Gasteiger partial charge >= 0.3 is 0 Å². The molecule has 0 radical (unpaired) electrons. The molecule has 1 N–H and O–H groups in total. The summed E-state index contributed by atoms with van der Waals surface area (Å²) in [5.41, 5.74) is 1.80. The molecule has 0 bridgehead atoms. The van der Waals surface area contributed by atoms with Crippen molar-refractivity contribution in [2.45, 2.75) is 25.3 Å². The van der Waals surface area contributed by atoms with Crippen molar-refractivity contribution in [1.29, 1.82) is 0 Å². The lowest BCUT2D eigenvalue weighted by atomic mass is 10.0. The van der Waals surface area contributed by atoms with Crippen LogP contribution < -0.4 is 5.32 Å². The number of nitrogens with one attached hydrogen (secondary N) is 1. The number of rotatable bonds is 7.